The normalized spacial score (nSPS) is 13.8. The number of aromatic nitrogens is 4. The largest absolute Gasteiger partial charge is 0.412 e. The van der Waals surface area contributed by atoms with Crippen molar-refractivity contribution >= 4 is 34.4 Å². The molecule has 3 aromatic heterocycles. The van der Waals surface area contributed by atoms with Crippen LogP contribution in [0.25, 0.3) is 33.5 Å². The van der Waals surface area contributed by atoms with Gasteiger partial charge >= 0.3 is 0 Å². The zero-order valence-corrected chi connectivity index (χ0v) is 20.3. The fourth-order valence-electron chi connectivity index (χ4n) is 4.34. The van der Waals surface area contributed by atoms with Crippen LogP contribution in [-0.4, -0.2) is 63.4 Å². The number of rotatable bonds is 4. The Morgan fingerprint density at radius 1 is 1.22 bits per heavy atom. The van der Waals surface area contributed by atoms with E-state index in [0.29, 0.717) is 24.3 Å². The number of piperazine rings is 1. The first-order chi connectivity index (χ1) is 17.3. The SMILES string of the molecule is COn1c(=O)c(-c2c(F)cccc2Cl)cc2c(N)nc(-c3cc(C(=O)N4CCNCC4)n(C)c3)nc21. The molecule has 0 unspecified atom stereocenters. The number of aryl methyl sites for hydroxylation is 1. The number of nitrogens with one attached hydrogen (secondary N) is 1. The number of nitrogens with zero attached hydrogens (tertiary/aromatic N) is 5. The van der Waals surface area contributed by atoms with Gasteiger partial charge in [-0.15, -0.1) is 4.73 Å². The summed E-state index contributed by atoms with van der Waals surface area (Å²) in [7, 11) is 3.05. The van der Waals surface area contributed by atoms with Crippen LogP contribution >= 0.6 is 11.6 Å². The van der Waals surface area contributed by atoms with Crippen molar-refractivity contribution in [3.05, 3.63) is 63.4 Å². The zero-order chi connectivity index (χ0) is 25.6. The Morgan fingerprint density at radius 2 is 1.97 bits per heavy atom. The Balaban J connectivity index is 1.64. The molecule has 4 heterocycles. The van der Waals surface area contributed by atoms with Crippen LogP contribution in [-0.2, 0) is 7.05 Å². The standard InChI is InChI=1S/C24H23ClFN7O3/c1-31-12-13(10-18(31)24(35)32-8-6-28-7-9-32)21-29-20(27)15-11-14(19-16(25)4-3-5-17(19)26)23(34)33(36-2)22(15)30-21/h3-5,10-12,28H,6-9H2,1-2H3,(H2,27,29,30). The molecule has 0 saturated carbocycles. The van der Waals surface area contributed by atoms with Gasteiger partial charge in [-0.05, 0) is 24.3 Å². The zero-order valence-electron chi connectivity index (χ0n) is 19.6. The predicted octanol–water partition coefficient (Wildman–Crippen LogP) is 1.94. The van der Waals surface area contributed by atoms with Crippen LogP contribution in [0.2, 0.25) is 5.02 Å². The van der Waals surface area contributed by atoms with Gasteiger partial charge in [0.15, 0.2) is 11.5 Å². The number of anilines is 1. The van der Waals surface area contributed by atoms with E-state index in [9.17, 15) is 14.0 Å². The van der Waals surface area contributed by atoms with Gasteiger partial charge in [0.25, 0.3) is 11.5 Å². The van der Waals surface area contributed by atoms with Crippen molar-refractivity contribution in [2.75, 3.05) is 39.0 Å². The monoisotopic (exact) mass is 511 g/mol. The maximum atomic E-state index is 14.6. The summed E-state index contributed by atoms with van der Waals surface area (Å²) in [4.78, 5) is 42.3. The van der Waals surface area contributed by atoms with Gasteiger partial charge in [0.05, 0.1) is 16.0 Å². The molecule has 1 aliphatic heterocycles. The highest BCUT2D eigenvalue weighted by atomic mass is 35.5. The lowest BCUT2D eigenvalue weighted by atomic mass is 10.1. The average Bonchev–Trinajstić information content (AvgIpc) is 3.26. The second-order valence-electron chi connectivity index (χ2n) is 8.37. The van der Waals surface area contributed by atoms with Crippen LogP contribution in [0, 0.1) is 5.82 Å². The van der Waals surface area contributed by atoms with Crippen LogP contribution in [0.1, 0.15) is 10.5 Å². The van der Waals surface area contributed by atoms with Gasteiger partial charge in [0, 0.05) is 50.6 Å². The van der Waals surface area contributed by atoms with Gasteiger partial charge in [-0.2, -0.15) is 0 Å². The van der Waals surface area contributed by atoms with Gasteiger partial charge in [-0.25, -0.2) is 14.4 Å². The fraction of sp³-hybridized carbons (Fsp3) is 0.250. The lowest BCUT2D eigenvalue weighted by Gasteiger charge is -2.27. The second-order valence-corrected chi connectivity index (χ2v) is 8.78. The molecule has 186 valence electrons. The molecule has 1 fully saturated rings. The fourth-order valence-corrected chi connectivity index (χ4v) is 4.61. The number of pyridine rings is 1. The summed E-state index contributed by atoms with van der Waals surface area (Å²) in [5.74, 6) is -0.506. The lowest BCUT2D eigenvalue weighted by molar-refractivity contribution is 0.0726. The number of nitrogen functional groups attached to an aromatic ring is 1. The van der Waals surface area contributed by atoms with Crippen molar-refractivity contribution in [1.29, 1.82) is 0 Å². The second kappa shape index (κ2) is 9.25. The molecule has 0 radical (unpaired) electrons. The summed E-state index contributed by atoms with van der Waals surface area (Å²) in [6, 6.07) is 7.23. The summed E-state index contributed by atoms with van der Waals surface area (Å²) in [6.07, 6.45) is 1.72. The van der Waals surface area contributed by atoms with Crippen molar-refractivity contribution in [2.45, 2.75) is 0 Å². The van der Waals surface area contributed by atoms with E-state index in [4.69, 9.17) is 22.2 Å². The van der Waals surface area contributed by atoms with Crippen LogP contribution < -0.4 is 21.4 Å². The van der Waals surface area contributed by atoms with Gasteiger partial charge in [0.1, 0.15) is 24.4 Å². The summed E-state index contributed by atoms with van der Waals surface area (Å²) >= 11 is 6.20. The van der Waals surface area contributed by atoms with Crippen LogP contribution in [0.4, 0.5) is 10.2 Å². The van der Waals surface area contributed by atoms with E-state index in [1.165, 1.54) is 31.4 Å². The first kappa shape index (κ1) is 23.8. The first-order valence-corrected chi connectivity index (χ1v) is 11.6. The Bertz CT molecular complexity index is 1540. The summed E-state index contributed by atoms with van der Waals surface area (Å²) in [5, 5.41) is 3.57. The number of hydrogen-bond donors (Lipinski definition) is 2. The molecule has 1 aliphatic rings. The molecule has 1 amide bonds. The van der Waals surface area contributed by atoms with Gasteiger partial charge in [-0.1, -0.05) is 17.7 Å². The van der Waals surface area contributed by atoms with Crippen molar-refractivity contribution in [3.8, 4) is 22.5 Å². The van der Waals surface area contributed by atoms with Crippen LogP contribution in [0.5, 0.6) is 0 Å². The smallest absolute Gasteiger partial charge is 0.293 e. The number of hydrogen-bond acceptors (Lipinski definition) is 7. The van der Waals surface area contributed by atoms with E-state index < -0.39 is 11.4 Å². The number of halogens is 2. The highest BCUT2D eigenvalue weighted by Gasteiger charge is 2.24. The molecule has 0 atom stereocenters. The minimum absolute atomic E-state index is 0.0425. The Kier molecular flexibility index (Phi) is 6.10. The van der Waals surface area contributed by atoms with Crippen molar-refractivity contribution in [3.63, 3.8) is 0 Å². The Hall–Kier alpha value is -3.96. The molecular weight excluding hydrogens is 489 g/mol. The van der Waals surface area contributed by atoms with E-state index in [0.717, 1.165) is 17.8 Å². The third kappa shape index (κ3) is 3.95. The van der Waals surface area contributed by atoms with Crippen LogP contribution in [0.15, 0.2) is 41.3 Å². The van der Waals surface area contributed by atoms with Gasteiger partial charge < -0.3 is 25.4 Å². The van der Waals surface area contributed by atoms with E-state index in [1.54, 1.807) is 28.8 Å². The van der Waals surface area contributed by atoms with E-state index in [2.05, 4.69) is 15.3 Å². The predicted molar refractivity (Wildman–Crippen MR) is 134 cm³/mol. The minimum atomic E-state index is -0.663. The van der Waals surface area contributed by atoms with Crippen molar-refractivity contribution in [2.24, 2.45) is 7.05 Å². The summed E-state index contributed by atoms with van der Waals surface area (Å²) in [6.45, 7) is 2.71. The Morgan fingerprint density at radius 3 is 2.67 bits per heavy atom. The maximum Gasteiger partial charge on any atom is 0.293 e. The Labute approximate surface area is 210 Å². The van der Waals surface area contributed by atoms with E-state index in [1.807, 2.05) is 0 Å². The lowest BCUT2D eigenvalue weighted by Crippen LogP contribution is -2.46. The molecule has 1 saturated heterocycles. The van der Waals surface area contributed by atoms with E-state index in [-0.39, 0.29) is 44.7 Å². The number of nitrogens with two attached hydrogens (primary N) is 1. The molecule has 0 spiro atoms. The molecule has 1 aromatic carbocycles. The van der Waals surface area contributed by atoms with E-state index >= 15 is 0 Å². The molecule has 10 nitrogen and oxygen atoms in total. The molecular formula is C24H23ClFN7O3. The number of amides is 1. The third-order valence-electron chi connectivity index (χ3n) is 6.15. The van der Waals surface area contributed by atoms with Crippen LogP contribution in [0.3, 0.4) is 0 Å². The molecule has 36 heavy (non-hydrogen) atoms. The van der Waals surface area contributed by atoms with Crippen molar-refractivity contribution in [1.82, 2.24) is 29.5 Å². The van der Waals surface area contributed by atoms with Gasteiger partial charge in [-0.3, -0.25) is 9.59 Å². The number of benzene rings is 1. The highest BCUT2D eigenvalue weighted by Crippen LogP contribution is 2.32. The van der Waals surface area contributed by atoms with Gasteiger partial charge in [0.2, 0.25) is 0 Å². The maximum absolute atomic E-state index is 14.6. The minimum Gasteiger partial charge on any atom is -0.412 e. The third-order valence-corrected chi connectivity index (χ3v) is 6.47. The quantitative estimate of drug-likeness (QED) is 0.429. The molecule has 3 N–H and O–H groups in total. The van der Waals surface area contributed by atoms with Crippen molar-refractivity contribution < 1.29 is 14.0 Å². The highest BCUT2D eigenvalue weighted by molar-refractivity contribution is 6.33. The number of carbonyl (C=O) groups excluding carboxylic acids is 1. The number of fused-ring (bicyclic) bond motifs is 1. The molecule has 12 heteroatoms. The number of carbonyl (C=O) groups is 1. The molecule has 0 aliphatic carbocycles. The summed E-state index contributed by atoms with van der Waals surface area (Å²) < 4.78 is 17.2. The first-order valence-electron chi connectivity index (χ1n) is 11.2. The molecule has 0 bridgehead atoms. The average molecular weight is 512 g/mol. The topological polar surface area (TPSA) is 120 Å². The summed E-state index contributed by atoms with van der Waals surface area (Å²) in [5.41, 5.74) is 6.61. The molecule has 5 rings (SSSR count). The molecule has 4 aromatic rings.